The summed E-state index contributed by atoms with van der Waals surface area (Å²) in [5.74, 6) is -1.47. The molecule has 5 heterocycles. The number of carbonyl (C=O) groups is 3. The molecule has 0 aliphatic carbocycles. The fraction of sp³-hybridized carbons (Fsp3) is 0.500. The third-order valence-electron chi connectivity index (χ3n) is 11.6. The molecule has 4 saturated heterocycles. The summed E-state index contributed by atoms with van der Waals surface area (Å²) in [4.78, 5) is 56.1. The van der Waals surface area contributed by atoms with Crippen molar-refractivity contribution in [1.29, 1.82) is 0 Å². The molecule has 1 spiro atoms. The van der Waals surface area contributed by atoms with Gasteiger partial charge in [0.05, 0.1) is 17.8 Å². The molecule has 3 atom stereocenters. The monoisotopic (exact) mass is 717 g/mol. The smallest absolute Gasteiger partial charge is 0.287 e. The minimum absolute atomic E-state index is 0.0634. The van der Waals surface area contributed by atoms with Gasteiger partial charge in [0.2, 0.25) is 11.8 Å². The maximum Gasteiger partial charge on any atom is 0.287 e. The molecule has 1 aromatic heterocycles. The van der Waals surface area contributed by atoms with Gasteiger partial charge in [0, 0.05) is 75.6 Å². The third kappa shape index (κ3) is 7.39. The van der Waals surface area contributed by atoms with Gasteiger partial charge in [0.15, 0.2) is 0 Å². The summed E-state index contributed by atoms with van der Waals surface area (Å²) in [5.41, 5.74) is 3.41. The van der Waals surface area contributed by atoms with Crippen molar-refractivity contribution in [2.45, 2.75) is 62.8 Å². The Kier molecular flexibility index (Phi) is 9.91. The standard InChI is InChI=1S/C38H45ClFN7O4/c1-44-22-26(19-27(23-44)42-32-21-41-45(2)37(51)34(32)39)24-3-5-25(6-4-24)36(50)47-17-13-38(14-18-47)11-15-46(16-12-38)28-7-8-29(31(40)20-28)30-9-10-33(48)43-35(30)49/h3-8,20-21,26-27,30,42H,9-19,22-23H2,1-2H3,(H,43,48,49)/t26-,27+,30?/m0/s1. The second-order valence-corrected chi connectivity index (χ2v) is 15.3. The minimum Gasteiger partial charge on any atom is -0.378 e. The van der Waals surface area contributed by atoms with Gasteiger partial charge in [-0.1, -0.05) is 29.8 Å². The van der Waals surface area contributed by atoms with Crippen molar-refractivity contribution in [2.24, 2.45) is 12.5 Å². The van der Waals surface area contributed by atoms with Crippen LogP contribution in [0.4, 0.5) is 15.8 Å². The van der Waals surface area contributed by atoms with Crippen molar-refractivity contribution in [3.63, 3.8) is 0 Å². The first kappa shape index (κ1) is 35.1. The molecule has 4 fully saturated rings. The molecule has 0 radical (unpaired) electrons. The zero-order valence-corrected chi connectivity index (χ0v) is 29.9. The number of aryl methyl sites for hydroxylation is 1. The van der Waals surface area contributed by atoms with Crippen LogP contribution in [-0.2, 0) is 16.6 Å². The van der Waals surface area contributed by atoms with Gasteiger partial charge in [-0.25, -0.2) is 9.07 Å². The van der Waals surface area contributed by atoms with Crippen molar-refractivity contribution < 1.29 is 18.8 Å². The number of aromatic nitrogens is 2. The Hall–Kier alpha value is -4.29. The fourth-order valence-electron chi connectivity index (χ4n) is 8.49. The van der Waals surface area contributed by atoms with Crippen LogP contribution in [0.5, 0.6) is 0 Å². The molecule has 3 amide bonds. The quantitative estimate of drug-likeness (QED) is 0.358. The summed E-state index contributed by atoms with van der Waals surface area (Å²) in [5, 5.41) is 9.99. The predicted molar refractivity (Wildman–Crippen MR) is 194 cm³/mol. The number of likely N-dealkylation sites (N-methyl/N-ethyl adjacent to an activating group) is 1. The lowest BCUT2D eigenvalue weighted by Crippen LogP contribution is -2.48. The number of hydrogen-bond donors (Lipinski definition) is 2. The van der Waals surface area contributed by atoms with E-state index in [1.807, 2.05) is 23.1 Å². The molecule has 2 aromatic carbocycles. The Bertz CT molecular complexity index is 1870. The molecule has 4 aliphatic heterocycles. The van der Waals surface area contributed by atoms with Gasteiger partial charge < -0.3 is 20.0 Å². The molecule has 2 N–H and O–H groups in total. The van der Waals surface area contributed by atoms with E-state index in [4.69, 9.17) is 11.6 Å². The summed E-state index contributed by atoms with van der Waals surface area (Å²) in [6.07, 6.45) is 6.85. The number of anilines is 2. The Morgan fingerprint density at radius 1 is 0.980 bits per heavy atom. The maximum absolute atomic E-state index is 15.2. The highest BCUT2D eigenvalue weighted by atomic mass is 35.5. The van der Waals surface area contributed by atoms with Crippen LogP contribution in [0.25, 0.3) is 0 Å². The number of carbonyl (C=O) groups excluding carboxylic acids is 3. The Morgan fingerprint density at radius 3 is 2.37 bits per heavy atom. The Morgan fingerprint density at radius 2 is 1.69 bits per heavy atom. The van der Waals surface area contributed by atoms with Gasteiger partial charge >= 0.3 is 0 Å². The van der Waals surface area contributed by atoms with Gasteiger partial charge in [0.1, 0.15) is 10.8 Å². The second-order valence-electron chi connectivity index (χ2n) is 14.9. The van der Waals surface area contributed by atoms with E-state index in [1.165, 1.54) is 16.3 Å². The van der Waals surface area contributed by atoms with E-state index in [2.05, 4.69) is 44.7 Å². The SMILES string of the molecule is CN1C[C@H](Nc2cnn(C)c(=O)c2Cl)C[C@H](c2ccc(C(=O)N3CCC4(CC3)CCN(c3ccc(C5CCC(=O)NC5=O)c(F)c3)CC4)cc2)C1. The highest BCUT2D eigenvalue weighted by molar-refractivity contribution is 6.32. The van der Waals surface area contributed by atoms with Crippen LogP contribution in [0, 0.1) is 11.2 Å². The largest absolute Gasteiger partial charge is 0.378 e. The van der Waals surface area contributed by atoms with E-state index in [1.54, 1.807) is 19.3 Å². The van der Waals surface area contributed by atoms with Crippen molar-refractivity contribution in [2.75, 3.05) is 56.5 Å². The first-order chi connectivity index (χ1) is 24.5. The number of hydrogen-bond acceptors (Lipinski definition) is 8. The Labute approximate surface area is 302 Å². The number of halogens is 2. The molecule has 7 rings (SSSR count). The van der Waals surface area contributed by atoms with Crippen LogP contribution in [-0.4, -0.2) is 89.7 Å². The van der Waals surface area contributed by atoms with Gasteiger partial charge in [-0.2, -0.15) is 5.10 Å². The summed E-state index contributed by atoms with van der Waals surface area (Å²) in [6.45, 7) is 4.76. The number of benzene rings is 2. The maximum atomic E-state index is 15.2. The first-order valence-corrected chi connectivity index (χ1v) is 18.3. The molecule has 51 heavy (non-hydrogen) atoms. The number of piperidine rings is 4. The summed E-state index contributed by atoms with van der Waals surface area (Å²) in [7, 11) is 3.66. The van der Waals surface area contributed by atoms with Crippen LogP contribution in [0.2, 0.25) is 5.02 Å². The van der Waals surface area contributed by atoms with Crippen molar-refractivity contribution >= 4 is 40.7 Å². The highest BCUT2D eigenvalue weighted by Gasteiger charge is 2.39. The number of likely N-dealkylation sites (tertiary alicyclic amines) is 2. The fourth-order valence-corrected chi connectivity index (χ4v) is 8.71. The molecule has 3 aromatic rings. The van der Waals surface area contributed by atoms with Crippen LogP contribution < -0.4 is 21.1 Å². The minimum atomic E-state index is -0.639. The van der Waals surface area contributed by atoms with Crippen LogP contribution in [0.1, 0.15) is 78.3 Å². The normalized spacial score (nSPS) is 24.0. The van der Waals surface area contributed by atoms with E-state index in [0.29, 0.717) is 23.2 Å². The molecular weight excluding hydrogens is 673 g/mol. The van der Waals surface area contributed by atoms with Gasteiger partial charge in [-0.15, -0.1) is 0 Å². The number of rotatable bonds is 6. The lowest BCUT2D eigenvalue weighted by molar-refractivity contribution is -0.134. The van der Waals surface area contributed by atoms with E-state index >= 15 is 4.39 Å². The van der Waals surface area contributed by atoms with Gasteiger partial charge in [-0.3, -0.25) is 24.5 Å². The van der Waals surface area contributed by atoms with Gasteiger partial charge in [-0.05, 0) is 86.7 Å². The number of nitrogens with zero attached hydrogens (tertiary/aromatic N) is 5. The number of amides is 3. The average molecular weight is 718 g/mol. The lowest BCUT2D eigenvalue weighted by Gasteiger charge is -2.47. The molecular formula is C38H45ClFN7O4. The first-order valence-electron chi connectivity index (χ1n) is 17.9. The lowest BCUT2D eigenvalue weighted by atomic mass is 9.71. The Balaban J connectivity index is 0.911. The van der Waals surface area contributed by atoms with Crippen molar-refractivity contribution in [3.8, 4) is 0 Å². The van der Waals surface area contributed by atoms with Gasteiger partial charge in [0.25, 0.3) is 11.5 Å². The number of nitrogens with one attached hydrogen (secondary N) is 2. The van der Waals surface area contributed by atoms with E-state index in [0.717, 1.165) is 77.1 Å². The molecule has 0 bridgehead atoms. The summed E-state index contributed by atoms with van der Waals surface area (Å²) < 4.78 is 16.4. The second kappa shape index (κ2) is 14.4. The van der Waals surface area contributed by atoms with E-state index in [9.17, 15) is 19.2 Å². The summed E-state index contributed by atoms with van der Waals surface area (Å²) >= 11 is 6.31. The molecule has 11 nitrogen and oxygen atoms in total. The molecule has 4 aliphatic rings. The third-order valence-corrected chi connectivity index (χ3v) is 12.0. The van der Waals surface area contributed by atoms with Crippen molar-refractivity contribution in [1.82, 2.24) is 24.9 Å². The molecule has 0 saturated carbocycles. The summed E-state index contributed by atoms with van der Waals surface area (Å²) in [6, 6.07) is 13.2. The van der Waals surface area contributed by atoms with Crippen LogP contribution >= 0.6 is 11.6 Å². The molecule has 1 unspecified atom stereocenters. The van der Waals surface area contributed by atoms with E-state index < -0.39 is 17.6 Å². The predicted octanol–water partition coefficient (Wildman–Crippen LogP) is 4.52. The topological polar surface area (TPSA) is 120 Å². The zero-order chi connectivity index (χ0) is 35.9. The van der Waals surface area contributed by atoms with Crippen molar-refractivity contribution in [3.05, 3.63) is 86.5 Å². The highest BCUT2D eigenvalue weighted by Crippen LogP contribution is 2.43. The molecule has 13 heteroatoms. The van der Waals surface area contributed by atoms with Crippen LogP contribution in [0.15, 0.2) is 53.5 Å². The van der Waals surface area contributed by atoms with Crippen LogP contribution in [0.3, 0.4) is 0 Å². The van der Waals surface area contributed by atoms with E-state index in [-0.39, 0.29) is 46.2 Å². The average Bonchev–Trinajstić information content (AvgIpc) is 3.12. The molecule has 270 valence electrons. The number of imide groups is 1. The zero-order valence-electron chi connectivity index (χ0n) is 29.2.